The van der Waals surface area contributed by atoms with Crippen molar-refractivity contribution < 1.29 is 13.2 Å². The zero-order chi connectivity index (χ0) is 10.1. The summed E-state index contributed by atoms with van der Waals surface area (Å²) in [5, 5.41) is 0. The highest BCUT2D eigenvalue weighted by atomic mass is 19.4. The van der Waals surface area contributed by atoms with Crippen LogP contribution in [0, 0.1) is 0 Å². The van der Waals surface area contributed by atoms with Gasteiger partial charge in [0.15, 0.2) is 0 Å². The molecule has 0 aliphatic heterocycles. The van der Waals surface area contributed by atoms with Gasteiger partial charge in [-0.05, 0) is 12.1 Å². The van der Waals surface area contributed by atoms with Gasteiger partial charge in [0.2, 0.25) is 0 Å². The molecule has 0 fully saturated rings. The maximum atomic E-state index is 12.1. The highest BCUT2D eigenvalue weighted by molar-refractivity contribution is 5.38. The monoisotopic (exact) mass is 191 g/mol. The van der Waals surface area contributed by atoms with Gasteiger partial charge >= 0.3 is 6.18 Å². The molecule has 4 N–H and O–H groups in total. The summed E-state index contributed by atoms with van der Waals surface area (Å²) in [4.78, 5) is 3.48. The lowest BCUT2D eigenvalue weighted by Gasteiger charge is -2.14. The summed E-state index contributed by atoms with van der Waals surface area (Å²) in [6.45, 7) is 0. The van der Waals surface area contributed by atoms with Crippen LogP contribution in [0.4, 0.5) is 18.9 Å². The molecule has 0 aromatic carbocycles. The van der Waals surface area contributed by atoms with E-state index in [1.165, 1.54) is 12.3 Å². The Balaban J connectivity index is 2.96. The molecule has 1 rings (SSSR count). The summed E-state index contributed by atoms with van der Waals surface area (Å²) in [5.74, 6) is 0. The van der Waals surface area contributed by atoms with Crippen LogP contribution in [0.1, 0.15) is 11.7 Å². The Morgan fingerprint density at radius 3 is 2.46 bits per heavy atom. The number of halogens is 3. The lowest BCUT2D eigenvalue weighted by molar-refractivity contribution is -0.149. The van der Waals surface area contributed by atoms with Gasteiger partial charge in [-0.3, -0.25) is 4.98 Å². The summed E-state index contributed by atoms with van der Waals surface area (Å²) in [6.07, 6.45) is -3.29. The lowest BCUT2D eigenvalue weighted by Crippen LogP contribution is -2.29. The van der Waals surface area contributed by atoms with Crippen molar-refractivity contribution >= 4 is 5.69 Å². The highest BCUT2D eigenvalue weighted by Crippen LogP contribution is 2.29. The Bertz CT molecular complexity index is 297. The van der Waals surface area contributed by atoms with Crippen LogP contribution in [0.15, 0.2) is 18.3 Å². The lowest BCUT2D eigenvalue weighted by atomic mass is 10.2. The van der Waals surface area contributed by atoms with E-state index in [1.807, 2.05) is 0 Å². The second-order valence-electron chi connectivity index (χ2n) is 2.53. The molecule has 1 aromatic heterocycles. The van der Waals surface area contributed by atoms with E-state index in [-0.39, 0.29) is 11.4 Å². The van der Waals surface area contributed by atoms with E-state index in [2.05, 4.69) is 4.98 Å². The maximum Gasteiger partial charge on any atom is 0.409 e. The summed E-state index contributed by atoms with van der Waals surface area (Å²) in [7, 11) is 0. The van der Waals surface area contributed by atoms with Crippen molar-refractivity contribution in [2.75, 3.05) is 5.73 Å². The number of anilines is 1. The second-order valence-corrected chi connectivity index (χ2v) is 2.53. The average Bonchev–Trinajstić information content (AvgIpc) is 2.01. The van der Waals surface area contributed by atoms with Gasteiger partial charge in [0, 0.05) is 11.9 Å². The Hall–Kier alpha value is -1.30. The third-order valence-electron chi connectivity index (χ3n) is 1.48. The second kappa shape index (κ2) is 3.21. The third kappa shape index (κ3) is 2.32. The fourth-order valence-corrected chi connectivity index (χ4v) is 0.803. The number of pyridine rings is 1. The maximum absolute atomic E-state index is 12.1. The van der Waals surface area contributed by atoms with Gasteiger partial charge in [0.1, 0.15) is 6.04 Å². The van der Waals surface area contributed by atoms with Crippen LogP contribution in [0.3, 0.4) is 0 Å². The van der Waals surface area contributed by atoms with E-state index in [4.69, 9.17) is 11.5 Å². The van der Waals surface area contributed by atoms with Crippen molar-refractivity contribution in [1.29, 1.82) is 0 Å². The van der Waals surface area contributed by atoms with E-state index in [9.17, 15) is 13.2 Å². The van der Waals surface area contributed by atoms with Crippen molar-refractivity contribution in [2.45, 2.75) is 12.2 Å². The van der Waals surface area contributed by atoms with Gasteiger partial charge in [-0.15, -0.1) is 0 Å². The van der Waals surface area contributed by atoms with E-state index in [1.54, 1.807) is 0 Å². The number of aromatic nitrogens is 1. The summed E-state index contributed by atoms with van der Waals surface area (Å²) < 4.78 is 36.2. The Kier molecular flexibility index (Phi) is 2.42. The largest absolute Gasteiger partial charge is 0.409 e. The molecule has 0 radical (unpaired) electrons. The molecular weight excluding hydrogens is 183 g/mol. The van der Waals surface area contributed by atoms with Crippen LogP contribution in [0.25, 0.3) is 0 Å². The van der Waals surface area contributed by atoms with Crippen LogP contribution < -0.4 is 11.5 Å². The molecule has 0 bridgehead atoms. The van der Waals surface area contributed by atoms with Crippen LogP contribution in [0.2, 0.25) is 0 Å². The minimum absolute atomic E-state index is 0.213. The molecule has 1 heterocycles. The van der Waals surface area contributed by atoms with Gasteiger partial charge in [-0.2, -0.15) is 13.2 Å². The van der Waals surface area contributed by atoms with Crippen LogP contribution in [-0.2, 0) is 0 Å². The van der Waals surface area contributed by atoms with Crippen molar-refractivity contribution in [1.82, 2.24) is 4.98 Å². The smallest absolute Gasteiger partial charge is 0.399 e. The molecule has 1 aromatic rings. The van der Waals surface area contributed by atoms with Crippen LogP contribution >= 0.6 is 0 Å². The van der Waals surface area contributed by atoms with Gasteiger partial charge in [-0.1, -0.05) is 0 Å². The van der Waals surface area contributed by atoms with Crippen molar-refractivity contribution in [2.24, 2.45) is 5.73 Å². The third-order valence-corrected chi connectivity index (χ3v) is 1.48. The van der Waals surface area contributed by atoms with Gasteiger partial charge in [0.25, 0.3) is 0 Å². The van der Waals surface area contributed by atoms with Crippen molar-refractivity contribution in [3.05, 3.63) is 24.0 Å². The average molecular weight is 191 g/mol. The number of nitrogen functional groups attached to an aromatic ring is 1. The quantitative estimate of drug-likeness (QED) is 0.701. The first-order valence-electron chi connectivity index (χ1n) is 3.45. The number of hydrogen-bond donors (Lipinski definition) is 2. The molecule has 3 nitrogen and oxygen atoms in total. The number of alkyl halides is 3. The standard InChI is InChI=1S/C7H8F3N3/c8-7(9,10)6(12)5-3-4(11)1-2-13-5/h1-3,6H,12H2,(H2,11,13)/t6-/m1/s1. The Morgan fingerprint density at radius 2 is 2.00 bits per heavy atom. The summed E-state index contributed by atoms with van der Waals surface area (Å²) in [5.41, 5.74) is 10.1. The minimum Gasteiger partial charge on any atom is -0.399 e. The molecule has 1 atom stereocenters. The molecule has 0 unspecified atom stereocenters. The van der Waals surface area contributed by atoms with Crippen molar-refractivity contribution in [3.63, 3.8) is 0 Å². The van der Waals surface area contributed by atoms with E-state index in [0.717, 1.165) is 6.07 Å². The van der Waals surface area contributed by atoms with E-state index >= 15 is 0 Å². The molecule has 0 aliphatic rings. The molecular formula is C7H8F3N3. The fourth-order valence-electron chi connectivity index (χ4n) is 0.803. The highest BCUT2D eigenvalue weighted by Gasteiger charge is 2.38. The van der Waals surface area contributed by atoms with E-state index < -0.39 is 12.2 Å². The van der Waals surface area contributed by atoms with Crippen LogP contribution in [-0.4, -0.2) is 11.2 Å². The molecule has 72 valence electrons. The Labute approximate surface area is 72.6 Å². The first-order chi connectivity index (χ1) is 5.91. The first kappa shape index (κ1) is 9.79. The molecule has 0 saturated heterocycles. The van der Waals surface area contributed by atoms with Gasteiger partial charge in [0.05, 0.1) is 5.69 Å². The number of hydrogen-bond acceptors (Lipinski definition) is 3. The molecule has 6 heteroatoms. The molecule has 13 heavy (non-hydrogen) atoms. The fraction of sp³-hybridized carbons (Fsp3) is 0.286. The van der Waals surface area contributed by atoms with Gasteiger partial charge in [-0.25, -0.2) is 0 Å². The summed E-state index contributed by atoms with van der Waals surface area (Å²) >= 11 is 0. The molecule has 0 amide bonds. The topological polar surface area (TPSA) is 64.9 Å². The zero-order valence-electron chi connectivity index (χ0n) is 6.55. The predicted octanol–water partition coefficient (Wildman–Crippen LogP) is 1.23. The predicted molar refractivity (Wildman–Crippen MR) is 41.6 cm³/mol. The number of rotatable bonds is 1. The molecule has 0 spiro atoms. The number of nitrogens with zero attached hydrogens (tertiary/aromatic N) is 1. The SMILES string of the molecule is Nc1ccnc([C@@H](N)C(F)(F)F)c1. The normalized spacial score (nSPS) is 14.2. The minimum atomic E-state index is -4.49. The first-order valence-corrected chi connectivity index (χ1v) is 3.45. The van der Waals surface area contributed by atoms with Crippen molar-refractivity contribution in [3.8, 4) is 0 Å². The van der Waals surface area contributed by atoms with E-state index in [0.29, 0.717) is 0 Å². The summed E-state index contributed by atoms with van der Waals surface area (Å²) in [6, 6.07) is 0.432. The Morgan fingerprint density at radius 1 is 1.38 bits per heavy atom. The number of nitrogens with two attached hydrogens (primary N) is 2. The zero-order valence-corrected chi connectivity index (χ0v) is 6.55. The molecule has 0 saturated carbocycles. The van der Waals surface area contributed by atoms with Crippen LogP contribution in [0.5, 0.6) is 0 Å². The van der Waals surface area contributed by atoms with Gasteiger partial charge < -0.3 is 11.5 Å². The molecule has 0 aliphatic carbocycles.